The number of hydrogen-bond donors (Lipinski definition) is 4. The highest BCUT2D eigenvalue weighted by Gasteiger charge is 2.27. The van der Waals surface area contributed by atoms with E-state index in [1.807, 2.05) is 24.3 Å². The number of fused-ring (bicyclic) bond motifs is 1. The van der Waals surface area contributed by atoms with Crippen molar-refractivity contribution in [2.24, 2.45) is 11.8 Å². The molecule has 0 atom stereocenters. The van der Waals surface area contributed by atoms with Crippen molar-refractivity contribution in [3.63, 3.8) is 0 Å². The van der Waals surface area contributed by atoms with Gasteiger partial charge in [0.15, 0.2) is 0 Å². The van der Waals surface area contributed by atoms with E-state index in [4.69, 9.17) is 0 Å². The van der Waals surface area contributed by atoms with Gasteiger partial charge in [-0.3, -0.25) is 25.2 Å². The molecule has 1 heterocycles. The van der Waals surface area contributed by atoms with E-state index in [1.54, 1.807) is 18.3 Å². The number of para-hydroxylation sites is 1. The molecular weight excluding hydrogens is 423 g/mol. The van der Waals surface area contributed by atoms with Crippen molar-refractivity contribution >= 4 is 28.6 Å². The van der Waals surface area contributed by atoms with Crippen molar-refractivity contribution in [3.8, 4) is 0 Å². The van der Waals surface area contributed by atoms with E-state index in [2.05, 4.69) is 21.2 Å². The van der Waals surface area contributed by atoms with Crippen LogP contribution in [0.2, 0.25) is 0 Å². The number of hydrogen-bond acceptors (Lipinski definition) is 3. The average molecular weight is 451 g/mol. The van der Waals surface area contributed by atoms with Crippen LogP contribution in [0.1, 0.15) is 41.6 Å². The van der Waals surface area contributed by atoms with Crippen molar-refractivity contribution in [2.75, 3.05) is 6.54 Å². The third kappa shape index (κ3) is 5.58. The highest BCUT2D eigenvalue weighted by Crippen LogP contribution is 2.28. The second-order valence-electron chi connectivity index (χ2n) is 8.48. The molecule has 1 saturated carbocycles. The summed E-state index contributed by atoms with van der Waals surface area (Å²) in [6.45, 7) is 0.447. The zero-order valence-electron chi connectivity index (χ0n) is 18.2. The minimum Gasteiger partial charge on any atom is -0.361 e. The zero-order chi connectivity index (χ0) is 23.2. The van der Waals surface area contributed by atoms with Crippen LogP contribution in [0.4, 0.5) is 4.39 Å². The summed E-state index contributed by atoms with van der Waals surface area (Å²) < 4.78 is 13.7. The molecule has 1 aliphatic carbocycles. The number of carbonyl (C=O) groups is 3. The number of carbonyl (C=O) groups excluding carboxylic acids is 3. The average Bonchev–Trinajstić information content (AvgIpc) is 3.24. The van der Waals surface area contributed by atoms with E-state index in [1.165, 1.54) is 12.1 Å². The molecule has 0 radical (unpaired) electrons. The van der Waals surface area contributed by atoms with Gasteiger partial charge in [0.05, 0.1) is 12.0 Å². The fraction of sp³-hybridized carbons (Fsp3) is 0.320. The first-order valence-electron chi connectivity index (χ1n) is 11.2. The smallest absolute Gasteiger partial charge is 0.254 e. The van der Waals surface area contributed by atoms with Gasteiger partial charge in [0.2, 0.25) is 11.8 Å². The molecule has 3 amide bonds. The maximum atomic E-state index is 13.7. The van der Waals surface area contributed by atoms with Gasteiger partial charge in [-0.05, 0) is 55.4 Å². The first-order valence-corrected chi connectivity index (χ1v) is 11.2. The first kappa shape index (κ1) is 22.5. The number of rotatable bonds is 6. The SMILES string of the molecule is O=C(Cc1c[nH]c2ccccc12)NNC(=O)C1CCC(CNC(=O)c2ccccc2F)CC1. The van der Waals surface area contributed by atoms with E-state index in [0.717, 1.165) is 29.3 Å². The van der Waals surface area contributed by atoms with Crippen molar-refractivity contribution in [2.45, 2.75) is 32.1 Å². The summed E-state index contributed by atoms with van der Waals surface area (Å²) in [5.74, 6) is -1.39. The van der Waals surface area contributed by atoms with Gasteiger partial charge in [0, 0.05) is 29.6 Å². The Hall–Kier alpha value is -3.68. The van der Waals surface area contributed by atoms with E-state index in [0.29, 0.717) is 19.4 Å². The van der Waals surface area contributed by atoms with Crippen LogP contribution in [0.15, 0.2) is 54.7 Å². The Morgan fingerprint density at radius 2 is 1.67 bits per heavy atom. The number of amides is 3. The first-order chi connectivity index (χ1) is 16.0. The van der Waals surface area contributed by atoms with Gasteiger partial charge >= 0.3 is 0 Å². The number of nitrogens with one attached hydrogen (secondary N) is 4. The second kappa shape index (κ2) is 10.3. The number of hydrazine groups is 1. The summed E-state index contributed by atoms with van der Waals surface area (Å²) in [4.78, 5) is 40.0. The fourth-order valence-corrected chi connectivity index (χ4v) is 4.33. The molecule has 1 fully saturated rings. The van der Waals surface area contributed by atoms with Gasteiger partial charge in [-0.2, -0.15) is 0 Å². The van der Waals surface area contributed by atoms with Crippen LogP contribution in [-0.2, 0) is 16.0 Å². The molecule has 4 N–H and O–H groups in total. The summed E-state index contributed by atoms with van der Waals surface area (Å²) in [6.07, 6.45) is 4.86. The molecule has 1 aromatic heterocycles. The normalized spacial score (nSPS) is 18.0. The van der Waals surface area contributed by atoms with E-state index >= 15 is 0 Å². The molecule has 0 saturated heterocycles. The third-order valence-corrected chi connectivity index (χ3v) is 6.24. The summed E-state index contributed by atoms with van der Waals surface area (Å²) in [7, 11) is 0. The molecule has 33 heavy (non-hydrogen) atoms. The topological polar surface area (TPSA) is 103 Å². The molecule has 1 aliphatic rings. The minimum atomic E-state index is -0.540. The largest absolute Gasteiger partial charge is 0.361 e. The summed E-state index contributed by atoms with van der Waals surface area (Å²) in [5.41, 5.74) is 6.93. The van der Waals surface area contributed by atoms with E-state index < -0.39 is 11.7 Å². The lowest BCUT2D eigenvalue weighted by Crippen LogP contribution is -2.46. The second-order valence-corrected chi connectivity index (χ2v) is 8.48. The van der Waals surface area contributed by atoms with Crippen LogP contribution in [0.25, 0.3) is 10.9 Å². The standard InChI is InChI=1S/C25H27FN4O3/c26-21-7-3-1-6-20(21)25(33)28-14-16-9-11-17(12-10-16)24(32)30-29-23(31)13-18-15-27-22-8-4-2-5-19(18)22/h1-8,15-17,27H,9-14H2,(H,28,33)(H,29,31)(H,30,32). The Morgan fingerprint density at radius 3 is 2.45 bits per heavy atom. The molecular formula is C25H27FN4O3. The van der Waals surface area contributed by atoms with Gasteiger partial charge < -0.3 is 10.3 Å². The van der Waals surface area contributed by atoms with Gasteiger partial charge in [-0.15, -0.1) is 0 Å². The van der Waals surface area contributed by atoms with Crippen molar-refractivity contribution < 1.29 is 18.8 Å². The Kier molecular flexibility index (Phi) is 7.02. The van der Waals surface area contributed by atoms with Crippen LogP contribution >= 0.6 is 0 Å². The maximum Gasteiger partial charge on any atom is 0.254 e. The Labute approximate surface area is 191 Å². The van der Waals surface area contributed by atoms with Crippen LogP contribution in [-0.4, -0.2) is 29.3 Å². The number of H-pyrrole nitrogens is 1. The van der Waals surface area contributed by atoms with Gasteiger partial charge in [0.1, 0.15) is 5.82 Å². The number of aromatic nitrogens is 1. The zero-order valence-corrected chi connectivity index (χ0v) is 18.2. The predicted molar refractivity (Wildman–Crippen MR) is 122 cm³/mol. The molecule has 8 heteroatoms. The van der Waals surface area contributed by atoms with Crippen molar-refractivity contribution in [1.82, 2.24) is 21.2 Å². The Morgan fingerprint density at radius 1 is 0.939 bits per heavy atom. The molecule has 4 rings (SSSR count). The van der Waals surface area contributed by atoms with Crippen molar-refractivity contribution in [1.29, 1.82) is 0 Å². The fourth-order valence-electron chi connectivity index (χ4n) is 4.33. The summed E-state index contributed by atoms with van der Waals surface area (Å²) in [6, 6.07) is 13.6. The molecule has 172 valence electrons. The molecule has 0 aliphatic heterocycles. The molecule has 0 spiro atoms. The summed E-state index contributed by atoms with van der Waals surface area (Å²) >= 11 is 0. The predicted octanol–water partition coefficient (Wildman–Crippen LogP) is 3.23. The highest BCUT2D eigenvalue weighted by molar-refractivity contribution is 5.94. The number of halogens is 1. The molecule has 0 bridgehead atoms. The maximum absolute atomic E-state index is 13.7. The monoisotopic (exact) mass is 450 g/mol. The molecule has 3 aromatic rings. The number of aromatic amines is 1. The van der Waals surface area contributed by atoms with Gasteiger partial charge in [-0.25, -0.2) is 4.39 Å². The van der Waals surface area contributed by atoms with Crippen LogP contribution < -0.4 is 16.2 Å². The van der Waals surface area contributed by atoms with Crippen LogP contribution in [0.5, 0.6) is 0 Å². The Balaban J connectivity index is 1.17. The lowest BCUT2D eigenvalue weighted by Gasteiger charge is -2.27. The Bertz CT molecular complexity index is 1150. The van der Waals surface area contributed by atoms with E-state index in [9.17, 15) is 18.8 Å². The number of benzene rings is 2. The van der Waals surface area contributed by atoms with Crippen LogP contribution in [0, 0.1) is 17.7 Å². The molecule has 7 nitrogen and oxygen atoms in total. The molecule has 0 unspecified atom stereocenters. The summed E-state index contributed by atoms with van der Waals surface area (Å²) in [5, 5.41) is 3.77. The van der Waals surface area contributed by atoms with Gasteiger partial charge in [0.25, 0.3) is 5.91 Å². The minimum absolute atomic E-state index is 0.0361. The highest BCUT2D eigenvalue weighted by atomic mass is 19.1. The van der Waals surface area contributed by atoms with Gasteiger partial charge in [-0.1, -0.05) is 30.3 Å². The van der Waals surface area contributed by atoms with E-state index in [-0.39, 0.29) is 35.6 Å². The van der Waals surface area contributed by atoms with Crippen molar-refractivity contribution in [3.05, 3.63) is 71.7 Å². The van der Waals surface area contributed by atoms with Crippen LogP contribution in [0.3, 0.4) is 0 Å². The molecule has 2 aromatic carbocycles. The lowest BCUT2D eigenvalue weighted by molar-refractivity contribution is -0.131. The lowest BCUT2D eigenvalue weighted by atomic mass is 9.81. The quantitative estimate of drug-likeness (QED) is 0.434. The third-order valence-electron chi connectivity index (χ3n) is 6.24.